The second-order valence-corrected chi connectivity index (χ2v) is 5.49. The maximum Gasteiger partial charge on any atom is 0.178 e. The van der Waals surface area contributed by atoms with Gasteiger partial charge in [-0.2, -0.15) is 0 Å². The molecule has 4 nitrogen and oxygen atoms in total. The Morgan fingerprint density at radius 1 is 1.60 bits per heavy atom. The van der Waals surface area contributed by atoms with Crippen LogP contribution < -0.4 is 0 Å². The van der Waals surface area contributed by atoms with E-state index in [4.69, 9.17) is 19.1 Å². The van der Waals surface area contributed by atoms with Gasteiger partial charge in [-0.05, 0) is 0 Å². The van der Waals surface area contributed by atoms with Gasteiger partial charge in [-0.25, -0.2) is 0 Å². The number of hydrogen-bond acceptors (Lipinski definition) is 4. The standard InChI is InChI=1S/C4H14O4Si2/c5-1-2-7-3-4(6)10-8-9/h4-6H,1-3,10H2,9H3. The van der Waals surface area contributed by atoms with Gasteiger partial charge in [0, 0.05) is 0 Å². The summed E-state index contributed by atoms with van der Waals surface area (Å²) in [6.07, 6.45) is 0. The predicted octanol–water partition coefficient (Wildman–Crippen LogP) is -3.31. The van der Waals surface area contributed by atoms with Gasteiger partial charge in [0.1, 0.15) is 10.5 Å². The Morgan fingerprint density at radius 2 is 2.30 bits per heavy atom. The minimum absolute atomic E-state index is 0.00993. The highest BCUT2D eigenvalue weighted by atomic mass is 28.3. The van der Waals surface area contributed by atoms with Crippen LogP contribution in [0.3, 0.4) is 0 Å². The highest BCUT2D eigenvalue weighted by Gasteiger charge is 2.02. The van der Waals surface area contributed by atoms with Crippen molar-refractivity contribution in [1.82, 2.24) is 0 Å². The molecule has 0 spiro atoms. The molecule has 0 bridgehead atoms. The molecule has 0 rings (SSSR count). The van der Waals surface area contributed by atoms with Gasteiger partial charge in [-0.1, -0.05) is 0 Å². The van der Waals surface area contributed by atoms with Gasteiger partial charge < -0.3 is 19.1 Å². The lowest BCUT2D eigenvalue weighted by Gasteiger charge is -2.07. The second-order valence-electron chi connectivity index (χ2n) is 1.91. The zero-order valence-corrected chi connectivity index (χ0v) is 9.53. The Kier molecular flexibility index (Phi) is 7.58. The first-order valence-electron chi connectivity index (χ1n) is 3.17. The van der Waals surface area contributed by atoms with Crippen LogP contribution in [0.4, 0.5) is 0 Å². The molecule has 1 unspecified atom stereocenters. The molecule has 0 aromatic heterocycles. The van der Waals surface area contributed by atoms with Crippen molar-refractivity contribution in [2.45, 2.75) is 5.73 Å². The molecule has 0 aliphatic rings. The second kappa shape index (κ2) is 7.38. The molecule has 2 N–H and O–H groups in total. The number of aliphatic hydroxyl groups excluding tert-OH is 2. The van der Waals surface area contributed by atoms with Crippen molar-refractivity contribution in [1.29, 1.82) is 0 Å². The first-order valence-corrected chi connectivity index (χ1v) is 5.38. The van der Waals surface area contributed by atoms with Gasteiger partial charge >= 0.3 is 0 Å². The maximum atomic E-state index is 9.03. The van der Waals surface area contributed by atoms with Crippen molar-refractivity contribution in [2.75, 3.05) is 19.8 Å². The number of hydrogen-bond donors (Lipinski definition) is 2. The fourth-order valence-electron chi connectivity index (χ4n) is 0.524. The minimum atomic E-state index is -0.771. The van der Waals surface area contributed by atoms with Crippen LogP contribution in [-0.4, -0.2) is 56.0 Å². The van der Waals surface area contributed by atoms with E-state index in [1.54, 1.807) is 0 Å². The van der Waals surface area contributed by atoms with E-state index in [2.05, 4.69) is 0 Å². The third-order valence-electron chi connectivity index (χ3n) is 0.905. The van der Waals surface area contributed by atoms with Crippen molar-refractivity contribution in [3.05, 3.63) is 0 Å². The summed E-state index contributed by atoms with van der Waals surface area (Å²) in [5.41, 5.74) is -0.413. The molecule has 62 valence electrons. The topological polar surface area (TPSA) is 58.9 Å². The first-order chi connectivity index (χ1) is 4.81. The fourth-order valence-corrected chi connectivity index (χ4v) is 2.33. The highest BCUT2D eigenvalue weighted by Crippen LogP contribution is 1.82. The van der Waals surface area contributed by atoms with Crippen molar-refractivity contribution >= 4 is 20.2 Å². The molecule has 0 aliphatic heterocycles. The molecule has 0 aromatic rings. The normalized spacial score (nSPS) is 15.0. The summed E-state index contributed by atoms with van der Waals surface area (Å²) < 4.78 is 9.79. The van der Waals surface area contributed by atoms with Crippen molar-refractivity contribution in [3.8, 4) is 0 Å². The molecule has 0 saturated heterocycles. The van der Waals surface area contributed by atoms with Crippen molar-refractivity contribution < 1.29 is 19.1 Å². The summed E-state index contributed by atoms with van der Waals surface area (Å²) in [4.78, 5) is 0. The Balaban J connectivity index is 2.97. The van der Waals surface area contributed by atoms with Crippen LogP contribution in [0.5, 0.6) is 0 Å². The number of rotatable bonds is 6. The van der Waals surface area contributed by atoms with Crippen LogP contribution in [0.2, 0.25) is 0 Å². The molecule has 0 aliphatic carbocycles. The zero-order valence-electron chi connectivity index (χ0n) is 6.12. The summed E-state index contributed by atoms with van der Waals surface area (Å²) >= 11 is 0. The zero-order chi connectivity index (χ0) is 7.82. The fraction of sp³-hybridized carbons (Fsp3) is 1.00. The van der Waals surface area contributed by atoms with E-state index in [0.29, 0.717) is 23.7 Å². The summed E-state index contributed by atoms with van der Waals surface area (Å²) in [6, 6.07) is 0. The van der Waals surface area contributed by atoms with Crippen LogP contribution in [-0.2, 0) is 8.85 Å². The van der Waals surface area contributed by atoms with E-state index in [0.717, 1.165) is 0 Å². The van der Waals surface area contributed by atoms with Crippen molar-refractivity contribution in [3.63, 3.8) is 0 Å². The molecule has 6 heteroatoms. The molecule has 1 atom stereocenters. The van der Waals surface area contributed by atoms with Gasteiger partial charge in [0.05, 0.1) is 25.5 Å². The lowest BCUT2D eigenvalue weighted by atomic mass is 10.7. The van der Waals surface area contributed by atoms with Crippen molar-refractivity contribution in [2.24, 2.45) is 0 Å². The highest BCUT2D eigenvalue weighted by molar-refractivity contribution is 6.35. The SMILES string of the molecule is OCCOCC(O)[SiH2]O[SiH3]. The Bertz CT molecular complexity index is 72.3. The molecule has 0 fully saturated rings. The molecule has 0 aromatic carbocycles. The minimum Gasteiger partial charge on any atom is -0.466 e. The molecule has 0 radical (unpaired) electrons. The number of ether oxygens (including phenoxy) is 1. The Labute approximate surface area is 65.6 Å². The average molecular weight is 182 g/mol. The summed E-state index contributed by atoms with van der Waals surface area (Å²) in [5.74, 6) is 0. The van der Waals surface area contributed by atoms with Gasteiger partial charge in [-0.3, -0.25) is 0 Å². The predicted molar refractivity (Wildman–Crippen MR) is 43.5 cm³/mol. The van der Waals surface area contributed by atoms with E-state index in [1.165, 1.54) is 0 Å². The third kappa shape index (κ3) is 6.39. The van der Waals surface area contributed by atoms with Gasteiger partial charge in [0.2, 0.25) is 0 Å². The van der Waals surface area contributed by atoms with Crippen LogP contribution in [0.15, 0.2) is 0 Å². The average Bonchev–Trinajstić information content (AvgIpc) is 1.89. The van der Waals surface area contributed by atoms with Gasteiger partial charge in [-0.15, -0.1) is 0 Å². The Morgan fingerprint density at radius 3 is 2.80 bits per heavy atom. The molecular formula is C4H14O4Si2. The largest absolute Gasteiger partial charge is 0.466 e. The molecular weight excluding hydrogens is 168 g/mol. The lowest BCUT2D eigenvalue weighted by Crippen LogP contribution is -2.25. The third-order valence-corrected chi connectivity index (χ3v) is 2.86. The van der Waals surface area contributed by atoms with E-state index >= 15 is 0 Å². The van der Waals surface area contributed by atoms with Crippen LogP contribution in [0.25, 0.3) is 0 Å². The molecule has 0 heterocycles. The molecule has 10 heavy (non-hydrogen) atoms. The van der Waals surface area contributed by atoms with Gasteiger partial charge in [0.15, 0.2) is 9.76 Å². The number of aliphatic hydroxyl groups is 2. The van der Waals surface area contributed by atoms with E-state index in [1.807, 2.05) is 0 Å². The smallest absolute Gasteiger partial charge is 0.178 e. The van der Waals surface area contributed by atoms with Crippen LogP contribution in [0.1, 0.15) is 0 Å². The quantitative estimate of drug-likeness (QED) is 0.334. The summed E-state index contributed by atoms with van der Waals surface area (Å²) in [5, 5.41) is 17.3. The molecule has 0 saturated carbocycles. The summed E-state index contributed by atoms with van der Waals surface area (Å²) in [7, 11) is -0.0780. The van der Waals surface area contributed by atoms with E-state index < -0.39 is 15.5 Å². The summed E-state index contributed by atoms with van der Waals surface area (Å²) in [6.45, 7) is 0.609. The van der Waals surface area contributed by atoms with E-state index in [-0.39, 0.29) is 6.61 Å². The van der Waals surface area contributed by atoms with E-state index in [9.17, 15) is 0 Å². The van der Waals surface area contributed by atoms with Crippen LogP contribution >= 0.6 is 0 Å². The molecule has 0 amide bonds. The first kappa shape index (κ1) is 10.3. The monoisotopic (exact) mass is 182 g/mol. The van der Waals surface area contributed by atoms with Gasteiger partial charge in [0.25, 0.3) is 0 Å². The Hall–Kier alpha value is 0.274. The maximum absolute atomic E-state index is 9.03. The van der Waals surface area contributed by atoms with Crippen LogP contribution in [0, 0.1) is 0 Å². The lowest BCUT2D eigenvalue weighted by molar-refractivity contribution is 0.0474.